The number of hydrogen-bond donors (Lipinski definition) is 2. The summed E-state index contributed by atoms with van der Waals surface area (Å²) in [5.74, 6) is 2.07. The Morgan fingerprint density at radius 2 is 1.65 bits per heavy atom. The molecule has 0 spiro atoms. The van der Waals surface area contributed by atoms with E-state index < -0.39 is 0 Å². The number of benzene rings is 2. The number of ether oxygens (including phenoxy) is 3. The topological polar surface area (TPSA) is 68.8 Å². The van der Waals surface area contributed by atoms with Gasteiger partial charge in [-0.3, -0.25) is 0 Å². The number of nitrogens with one attached hydrogen (secondary N) is 2. The number of amides is 2. The molecule has 0 radical (unpaired) electrons. The van der Waals surface area contributed by atoms with Crippen LogP contribution in [0.15, 0.2) is 42.5 Å². The summed E-state index contributed by atoms with van der Waals surface area (Å²) >= 11 is 5.81. The minimum Gasteiger partial charge on any atom is -0.493 e. The highest BCUT2D eigenvalue weighted by Gasteiger charge is 2.05. The van der Waals surface area contributed by atoms with Crippen molar-refractivity contribution < 1.29 is 19.0 Å². The molecular weight excluding hydrogens is 356 g/mol. The van der Waals surface area contributed by atoms with Crippen LogP contribution in [0, 0.1) is 0 Å². The lowest BCUT2D eigenvalue weighted by molar-refractivity contribution is 0.236. The average Bonchev–Trinajstić information content (AvgIpc) is 2.66. The van der Waals surface area contributed by atoms with E-state index in [1.54, 1.807) is 38.5 Å². The zero-order valence-corrected chi connectivity index (χ0v) is 15.6. The van der Waals surface area contributed by atoms with Crippen LogP contribution in [0.5, 0.6) is 17.2 Å². The van der Waals surface area contributed by atoms with Crippen LogP contribution in [0.4, 0.5) is 4.79 Å². The largest absolute Gasteiger partial charge is 0.493 e. The Kier molecular flexibility index (Phi) is 7.89. The molecule has 0 aliphatic rings. The smallest absolute Gasteiger partial charge is 0.314 e. The van der Waals surface area contributed by atoms with Gasteiger partial charge in [0.25, 0.3) is 0 Å². The molecule has 0 saturated heterocycles. The van der Waals surface area contributed by atoms with Crippen LogP contribution in [-0.2, 0) is 6.42 Å². The minimum absolute atomic E-state index is 0.231. The lowest BCUT2D eigenvalue weighted by Crippen LogP contribution is -2.38. The van der Waals surface area contributed by atoms with E-state index in [1.807, 2.05) is 18.2 Å². The summed E-state index contributed by atoms with van der Waals surface area (Å²) in [6, 6.07) is 12.5. The fraction of sp³-hybridized carbons (Fsp3) is 0.316. The van der Waals surface area contributed by atoms with Crippen molar-refractivity contribution in [3.63, 3.8) is 0 Å². The van der Waals surface area contributed by atoms with Crippen LogP contribution < -0.4 is 24.8 Å². The van der Waals surface area contributed by atoms with Crippen molar-refractivity contribution in [1.29, 1.82) is 0 Å². The molecule has 2 rings (SSSR count). The average molecular weight is 379 g/mol. The molecule has 0 heterocycles. The van der Waals surface area contributed by atoms with E-state index in [2.05, 4.69) is 10.6 Å². The third-order valence-electron chi connectivity index (χ3n) is 3.62. The van der Waals surface area contributed by atoms with Crippen molar-refractivity contribution in [2.24, 2.45) is 0 Å². The molecule has 0 aromatic heterocycles. The molecule has 7 heteroatoms. The van der Waals surface area contributed by atoms with E-state index in [-0.39, 0.29) is 6.03 Å². The second-order valence-corrected chi connectivity index (χ2v) is 5.86. The SMILES string of the molecule is COc1ccc(CCNC(=O)NCCOc2ccc(Cl)cc2)cc1OC. The Morgan fingerprint density at radius 3 is 2.35 bits per heavy atom. The van der Waals surface area contributed by atoms with Gasteiger partial charge < -0.3 is 24.8 Å². The van der Waals surface area contributed by atoms with E-state index in [4.69, 9.17) is 25.8 Å². The van der Waals surface area contributed by atoms with E-state index in [0.29, 0.717) is 48.4 Å². The maximum absolute atomic E-state index is 11.8. The van der Waals surface area contributed by atoms with E-state index in [0.717, 1.165) is 5.56 Å². The maximum Gasteiger partial charge on any atom is 0.314 e. The summed E-state index contributed by atoms with van der Waals surface area (Å²) in [5.41, 5.74) is 1.05. The first-order valence-corrected chi connectivity index (χ1v) is 8.61. The van der Waals surface area contributed by atoms with Gasteiger partial charge in [-0.2, -0.15) is 0 Å². The second kappa shape index (κ2) is 10.4. The Balaban J connectivity index is 1.63. The fourth-order valence-corrected chi connectivity index (χ4v) is 2.41. The predicted molar refractivity (Wildman–Crippen MR) is 102 cm³/mol. The zero-order chi connectivity index (χ0) is 18.8. The Labute approximate surface area is 158 Å². The van der Waals surface area contributed by atoms with Gasteiger partial charge in [0.2, 0.25) is 0 Å². The van der Waals surface area contributed by atoms with Gasteiger partial charge >= 0.3 is 6.03 Å². The number of carbonyl (C=O) groups is 1. The first-order valence-electron chi connectivity index (χ1n) is 8.23. The molecular formula is C19H23ClN2O4. The van der Waals surface area contributed by atoms with Gasteiger partial charge in [0.05, 0.1) is 20.8 Å². The molecule has 2 aromatic rings. The summed E-state index contributed by atoms with van der Waals surface area (Å²) < 4.78 is 16.0. The second-order valence-electron chi connectivity index (χ2n) is 5.42. The number of urea groups is 1. The maximum atomic E-state index is 11.8. The first-order chi connectivity index (χ1) is 12.6. The molecule has 2 N–H and O–H groups in total. The standard InChI is InChI=1S/C19H23ClN2O4/c1-24-17-8-3-14(13-18(17)25-2)9-10-21-19(23)22-11-12-26-16-6-4-15(20)5-7-16/h3-8,13H,9-12H2,1-2H3,(H2,21,22,23). The number of rotatable bonds is 9. The molecule has 140 valence electrons. The Bertz CT molecular complexity index is 707. The van der Waals surface area contributed by atoms with Crippen LogP contribution in [0.2, 0.25) is 5.02 Å². The van der Waals surface area contributed by atoms with Crippen molar-refractivity contribution in [3.05, 3.63) is 53.1 Å². The van der Waals surface area contributed by atoms with Gasteiger partial charge in [-0.15, -0.1) is 0 Å². The summed E-state index contributed by atoms with van der Waals surface area (Å²) in [5, 5.41) is 6.21. The summed E-state index contributed by atoms with van der Waals surface area (Å²) in [4.78, 5) is 11.8. The molecule has 0 aliphatic carbocycles. The monoisotopic (exact) mass is 378 g/mol. The van der Waals surface area contributed by atoms with Crippen LogP contribution in [0.1, 0.15) is 5.56 Å². The van der Waals surface area contributed by atoms with Crippen molar-refractivity contribution in [2.75, 3.05) is 33.9 Å². The lowest BCUT2D eigenvalue weighted by atomic mass is 10.1. The number of halogens is 1. The van der Waals surface area contributed by atoms with Crippen LogP contribution in [-0.4, -0.2) is 39.9 Å². The third kappa shape index (κ3) is 6.37. The predicted octanol–water partition coefficient (Wildman–Crippen LogP) is 3.28. The highest BCUT2D eigenvalue weighted by molar-refractivity contribution is 6.30. The first kappa shape index (κ1) is 19.7. The number of hydrogen-bond acceptors (Lipinski definition) is 4. The molecule has 0 unspecified atom stereocenters. The van der Waals surface area contributed by atoms with Gasteiger partial charge in [0.1, 0.15) is 12.4 Å². The van der Waals surface area contributed by atoms with Gasteiger partial charge in [0, 0.05) is 11.6 Å². The summed E-state index contributed by atoms with van der Waals surface area (Å²) in [7, 11) is 3.19. The Morgan fingerprint density at radius 1 is 0.962 bits per heavy atom. The van der Waals surface area contributed by atoms with Crippen molar-refractivity contribution in [1.82, 2.24) is 10.6 Å². The van der Waals surface area contributed by atoms with E-state index >= 15 is 0 Å². The molecule has 6 nitrogen and oxygen atoms in total. The Hall–Kier alpha value is -2.60. The third-order valence-corrected chi connectivity index (χ3v) is 3.87. The van der Waals surface area contributed by atoms with Gasteiger partial charge in [-0.05, 0) is 48.4 Å². The highest BCUT2D eigenvalue weighted by atomic mass is 35.5. The van der Waals surface area contributed by atoms with Crippen LogP contribution in [0.3, 0.4) is 0 Å². The van der Waals surface area contributed by atoms with Crippen molar-refractivity contribution in [2.45, 2.75) is 6.42 Å². The zero-order valence-electron chi connectivity index (χ0n) is 14.9. The molecule has 0 atom stereocenters. The quantitative estimate of drug-likeness (QED) is 0.657. The van der Waals surface area contributed by atoms with Crippen molar-refractivity contribution >= 4 is 17.6 Å². The fourth-order valence-electron chi connectivity index (χ4n) is 2.28. The normalized spacial score (nSPS) is 10.1. The summed E-state index contributed by atoms with van der Waals surface area (Å²) in [6.07, 6.45) is 0.690. The molecule has 26 heavy (non-hydrogen) atoms. The van der Waals surface area contributed by atoms with Crippen LogP contribution >= 0.6 is 11.6 Å². The lowest BCUT2D eigenvalue weighted by Gasteiger charge is -2.11. The minimum atomic E-state index is -0.231. The van der Waals surface area contributed by atoms with Crippen molar-refractivity contribution in [3.8, 4) is 17.2 Å². The number of carbonyl (C=O) groups excluding carboxylic acids is 1. The molecule has 2 aromatic carbocycles. The molecule has 2 amide bonds. The molecule has 0 saturated carbocycles. The van der Waals surface area contributed by atoms with Crippen LogP contribution in [0.25, 0.3) is 0 Å². The van der Waals surface area contributed by atoms with Gasteiger partial charge in [-0.25, -0.2) is 4.79 Å². The van der Waals surface area contributed by atoms with Gasteiger partial charge in [-0.1, -0.05) is 17.7 Å². The van der Waals surface area contributed by atoms with E-state index in [9.17, 15) is 4.79 Å². The van der Waals surface area contributed by atoms with Gasteiger partial charge in [0.15, 0.2) is 11.5 Å². The molecule has 0 aliphatic heterocycles. The molecule has 0 bridgehead atoms. The molecule has 0 fully saturated rings. The van der Waals surface area contributed by atoms with E-state index in [1.165, 1.54) is 0 Å². The highest BCUT2D eigenvalue weighted by Crippen LogP contribution is 2.27. The summed E-state index contributed by atoms with van der Waals surface area (Å²) in [6.45, 7) is 1.30. The number of methoxy groups -OCH3 is 2.